The summed E-state index contributed by atoms with van der Waals surface area (Å²) in [5.74, 6) is -2.78. The van der Waals surface area contributed by atoms with Gasteiger partial charge in [0.15, 0.2) is 0 Å². The summed E-state index contributed by atoms with van der Waals surface area (Å²) in [4.78, 5) is 65.9. The number of hydrogen-bond acceptors (Lipinski definition) is 12. The van der Waals surface area contributed by atoms with Crippen LogP contribution in [0.1, 0.15) is 53.4 Å². The normalized spacial score (nSPS) is 13.0. The van der Waals surface area contributed by atoms with Gasteiger partial charge < -0.3 is 29.2 Å². The van der Waals surface area contributed by atoms with Gasteiger partial charge in [-0.05, 0) is 56.2 Å². The fourth-order valence-corrected chi connectivity index (χ4v) is 7.23. The number of thioether (sulfide) groups is 1. The van der Waals surface area contributed by atoms with Gasteiger partial charge in [-0.15, -0.1) is 16.9 Å². The van der Waals surface area contributed by atoms with Gasteiger partial charge in [-0.3, -0.25) is 28.9 Å². The van der Waals surface area contributed by atoms with Gasteiger partial charge in [0.1, 0.15) is 17.3 Å². The summed E-state index contributed by atoms with van der Waals surface area (Å²) in [6.45, 7) is 10.3. The van der Waals surface area contributed by atoms with Crippen LogP contribution in [0.15, 0.2) is 48.2 Å². The summed E-state index contributed by atoms with van der Waals surface area (Å²) in [6, 6.07) is 5.63. The number of carbonyl (C=O) groups is 2. The maximum atomic E-state index is 14.2. The average Bonchev–Trinajstić information content (AvgIpc) is 3.62. The van der Waals surface area contributed by atoms with Crippen molar-refractivity contribution in [2.75, 3.05) is 18.6 Å². The van der Waals surface area contributed by atoms with E-state index < -0.39 is 43.9 Å². The van der Waals surface area contributed by atoms with Crippen LogP contribution in [-0.2, 0) is 32.7 Å². The number of benzene rings is 2. The average molecular weight is 904 g/mol. The Balaban J connectivity index is 0.000000244. The third-order valence-electron chi connectivity index (χ3n) is 6.84. The van der Waals surface area contributed by atoms with E-state index in [1.807, 2.05) is 34.6 Å². The van der Waals surface area contributed by atoms with E-state index in [0.29, 0.717) is 45.1 Å². The summed E-state index contributed by atoms with van der Waals surface area (Å²) in [5.41, 5.74) is 0.0154. The molecule has 0 bridgehead atoms. The Kier molecular flexibility index (Phi) is 17.0. The van der Waals surface area contributed by atoms with Crippen molar-refractivity contribution >= 4 is 83.1 Å². The highest BCUT2D eigenvalue weighted by Crippen LogP contribution is 2.35. The van der Waals surface area contributed by atoms with Crippen LogP contribution in [0.2, 0.25) is 15.1 Å². The highest BCUT2D eigenvalue weighted by molar-refractivity contribution is 8.00. The number of ether oxygens (including phenoxy) is 1. The summed E-state index contributed by atoms with van der Waals surface area (Å²) in [6.07, 6.45) is 1.21. The van der Waals surface area contributed by atoms with E-state index in [1.54, 1.807) is 15.4 Å². The molecule has 17 nitrogen and oxygen atoms in total. The molecule has 0 spiro atoms. The first kappa shape index (κ1) is 46.9. The minimum absolute atomic E-state index is 0.0370. The number of halogens is 4. The van der Waals surface area contributed by atoms with Gasteiger partial charge in [-0.25, -0.2) is 18.9 Å². The zero-order valence-corrected chi connectivity index (χ0v) is 35.3. The van der Waals surface area contributed by atoms with Crippen molar-refractivity contribution < 1.29 is 47.7 Å². The second kappa shape index (κ2) is 20.3. The molecule has 0 fully saturated rings. The largest absolute Gasteiger partial charge is 0.489 e. The highest BCUT2D eigenvalue weighted by Gasteiger charge is 2.24. The first-order chi connectivity index (χ1) is 26.0. The molecule has 2 aromatic heterocycles. The van der Waals surface area contributed by atoms with Crippen molar-refractivity contribution in [3.05, 3.63) is 76.1 Å². The summed E-state index contributed by atoms with van der Waals surface area (Å²) in [7, 11) is -4.10. The van der Waals surface area contributed by atoms with Crippen molar-refractivity contribution in [2.24, 2.45) is 4.99 Å². The predicted molar refractivity (Wildman–Crippen MR) is 210 cm³/mol. The fraction of sp³-hybridized carbons (Fsp3) is 0.438. The van der Waals surface area contributed by atoms with Crippen LogP contribution in [0.5, 0.6) is 5.75 Å². The molecule has 308 valence electrons. The number of nitrogens with zero attached hydrogens (tertiary/aromatic N) is 5. The number of carboxylic acids is 2. The molecule has 5 N–H and O–H groups in total. The Morgan fingerprint density at radius 1 is 1.05 bits per heavy atom. The van der Waals surface area contributed by atoms with Crippen molar-refractivity contribution in [3.8, 4) is 11.4 Å². The van der Waals surface area contributed by atoms with E-state index >= 15 is 0 Å². The van der Waals surface area contributed by atoms with Crippen LogP contribution in [0.25, 0.3) is 5.69 Å². The van der Waals surface area contributed by atoms with Crippen LogP contribution in [0, 0.1) is 5.82 Å². The smallest absolute Gasteiger partial charge is 0.442 e. The molecule has 1 aliphatic rings. The zero-order chi connectivity index (χ0) is 42.1. The van der Waals surface area contributed by atoms with Crippen molar-refractivity contribution in [1.82, 2.24) is 24.5 Å². The van der Waals surface area contributed by atoms with Crippen molar-refractivity contribution in [2.45, 2.75) is 77.0 Å². The maximum absolute atomic E-state index is 14.2. The van der Waals surface area contributed by atoms with E-state index in [2.05, 4.69) is 15.4 Å². The summed E-state index contributed by atoms with van der Waals surface area (Å²) in [5, 5.41) is 23.8. The first-order valence-corrected chi connectivity index (χ1v) is 21.1. The fourth-order valence-electron chi connectivity index (χ4n) is 4.44. The van der Waals surface area contributed by atoms with Crippen molar-refractivity contribution in [3.63, 3.8) is 0 Å². The number of aromatic nitrogens is 4. The second-order valence-electron chi connectivity index (χ2n) is 13.0. The Labute approximate surface area is 341 Å². The predicted octanol–water partition coefficient (Wildman–Crippen LogP) is 5.72. The van der Waals surface area contributed by atoms with E-state index in [9.17, 15) is 28.1 Å². The van der Waals surface area contributed by atoms with E-state index in [-0.39, 0.29) is 37.9 Å². The van der Waals surface area contributed by atoms with Gasteiger partial charge in [0.25, 0.3) is 0 Å². The number of aliphatic carboxylic acids is 2. The molecule has 0 atom stereocenters. The molecule has 0 amide bonds. The second-order valence-corrected chi connectivity index (χ2v) is 17.8. The maximum Gasteiger partial charge on any atom is 0.442 e. The topological polar surface area (TPSA) is 241 Å². The Hall–Kier alpha value is -3.46. The third kappa shape index (κ3) is 14.2. The number of nitrogens with one attached hydrogen (secondary N) is 1. The number of hydrogen-bond donors (Lipinski definition) is 5. The number of rotatable bonds is 11. The first-order valence-electron chi connectivity index (χ1n) is 16.4. The lowest BCUT2D eigenvalue weighted by Gasteiger charge is -2.15. The number of carboxylic acid groups (broad SMARTS) is 2. The van der Waals surface area contributed by atoms with Crippen LogP contribution in [-0.4, -0.2) is 75.8 Å². The van der Waals surface area contributed by atoms with Crippen LogP contribution in [0.4, 0.5) is 10.1 Å². The van der Waals surface area contributed by atoms with E-state index in [4.69, 9.17) is 64.0 Å². The van der Waals surface area contributed by atoms with Crippen molar-refractivity contribution in [1.29, 1.82) is 0 Å². The lowest BCUT2D eigenvalue weighted by Crippen LogP contribution is -2.31. The van der Waals surface area contributed by atoms with Gasteiger partial charge in [-0.2, -0.15) is 4.68 Å². The molecule has 5 rings (SSSR count). The molecular formula is C32H39Cl3FN6O11PS2. The molecule has 0 saturated heterocycles. The summed E-state index contributed by atoms with van der Waals surface area (Å²) >= 11 is 20.2. The monoisotopic (exact) mass is 902 g/mol. The molecule has 2 aromatic carbocycles. The zero-order valence-electron chi connectivity index (χ0n) is 30.5. The minimum Gasteiger partial charge on any atom is -0.489 e. The molecule has 0 unspecified atom stereocenters. The molecule has 3 heterocycles. The summed E-state index contributed by atoms with van der Waals surface area (Å²) < 4.78 is 39.5. The molecule has 4 aromatic rings. The van der Waals surface area contributed by atoms with Gasteiger partial charge in [0.2, 0.25) is 10.7 Å². The quantitative estimate of drug-likeness (QED) is 0.0894. The molecule has 0 radical (unpaired) electrons. The molecule has 0 aliphatic carbocycles. The van der Waals surface area contributed by atoms with Gasteiger partial charge >= 0.3 is 30.2 Å². The number of fused-ring (bicyclic) bond motifs is 1. The lowest BCUT2D eigenvalue weighted by atomic mass is 9.97. The molecule has 0 saturated carbocycles. The Morgan fingerprint density at radius 2 is 1.70 bits per heavy atom. The van der Waals surface area contributed by atoms with Gasteiger partial charge in [0, 0.05) is 29.5 Å². The third-order valence-corrected chi connectivity index (χ3v) is 10.4. The Bertz CT molecular complexity index is 2280. The standard InChI is InChI=1S/C15H18Cl2N2O3.C14H13ClFN3O3S2.C3H8NO5P/c1-8(2)21-12-7-11(9(16)6-10(12)17)19-14(20)22-13(18-19)15(3,4)5;15-8-5-9(16)10(6-11(8)23-7-12(20)21)17-13-18-3-1-2-4-19(18)14(22)24-13;5-3(6)1-4-2-10(7,8)9/h6-8H,1-5H3;5-6H,1-4,7H2,(H,20,21);4H,1-2H2,(H,5,6)(H2,7,8,9). The van der Waals surface area contributed by atoms with E-state index in [0.717, 1.165) is 46.7 Å². The highest BCUT2D eigenvalue weighted by atomic mass is 35.5. The Morgan fingerprint density at radius 3 is 2.25 bits per heavy atom. The van der Waals surface area contributed by atoms with Gasteiger partial charge in [0.05, 0.1) is 45.4 Å². The van der Waals surface area contributed by atoms with E-state index in [1.165, 1.54) is 12.1 Å². The molecular weight excluding hydrogens is 865 g/mol. The molecule has 56 heavy (non-hydrogen) atoms. The lowest BCUT2D eigenvalue weighted by molar-refractivity contribution is -0.136. The van der Waals surface area contributed by atoms with Crippen LogP contribution in [0.3, 0.4) is 0 Å². The SMILES string of the molecule is CC(C)Oc1cc(-n2nc(C(C)(C)C)oc2=O)c(Cl)cc1Cl.O=C(O)CNCP(=O)(O)O.O=C(O)CSc1cc(N=c2sc(=O)n3n2CCCC3)c(F)cc1Cl. The van der Waals surface area contributed by atoms with Gasteiger partial charge in [-0.1, -0.05) is 55.6 Å². The molecule has 1 aliphatic heterocycles. The molecule has 24 heteroatoms. The minimum atomic E-state index is -4.10. The van der Waals surface area contributed by atoms with Crippen LogP contribution < -0.4 is 25.5 Å². The van der Waals surface area contributed by atoms with Crippen LogP contribution >= 0.6 is 65.5 Å².